The zero-order valence-corrected chi connectivity index (χ0v) is 14.0. The van der Waals surface area contributed by atoms with Crippen molar-refractivity contribution in [3.05, 3.63) is 59.7 Å². The molecule has 0 radical (unpaired) electrons. The van der Waals surface area contributed by atoms with Crippen LogP contribution < -0.4 is 5.32 Å². The molecular weight excluding hydrogens is 320 g/mol. The van der Waals surface area contributed by atoms with Crippen LogP contribution in [0.2, 0.25) is 0 Å². The maximum atomic E-state index is 12.4. The smallest absolute Gasteiger partial charge is 0.292 e. The van der Waals surface area contributed by atoms with Gasteiger partial charge in [0.05, 0.1) is 11.8 Å². The van der Waals surface area contributed by atoms with E-state index >= 15 is 0 Å². The number of furan rings is 1. The minimum atomic E-state index is -0.598. The van der Waals surface area contributed by atoms with E-state index < -0.39 is 11.7 Å². The van der Waals surface area contributed by atoms with Crippen LogP contribution in [0.3, 0.4) is 0 Å². The molecule has 0 saturated heterocycles. The van der Waals surface area contributed by atoms with Crippen molar-refractivity contribution in [2.75, 3.05) is 13.2 Å². The van der Waals surface area contributed by atoms with Crippen molar-refractivity contribution in [3.8, 4) is 0 Å². The summed E-state index contributed by atoms with van der Waals surface area (Å²) in [6, 6.07) is 11.1. The Hall–Kier alpha value is -2.86. The molecule has 0 spiro atoms. The van der Waals surface area contributed by atoms with Crippen LogP contribution >= 0.6 is 0 Å². The number of para-hydroxylation sites is 1. The van der Waals surface area contributed by atoms with Crippen LogP contribution in [0.1, 0.15) is 28.2 Å². The number of carbonyl (C=O) groups excluding carboxylic acids is 2. The van der Waals surface area contributed by atoms with Crippen molar-refractivity contribution in [2.24, 2.45) is 0 Å². The molecule has 1 aromatic carbocycles. The minimum Gasteiger partial charge on any atom is -0.467 e. The van der Waals surface area contributed by atoms with Gasteiger partial charge in [0, 0.05) is 29.7 Å². The third-order valence-electron chi connectivity index (χ3n) is 3.90. The number of ketones is 1. The number of ether oxygens (including phenoxy) is 1. The summed E-state index contributed by atoms with van der Waals surface area (Å²) in [6.45, 7) is 3.04. The number of nitrogens with one attached hydrogen (secondary N) is 2. The predicted molar refractivity (Wildman–Crippen MR) is 93.4 cm³/mol. The number of hydrogen-bond acceptors (Lipinski definition) is 4. The lowest BCUT2D eigenvalue weighted by molar-refractivity contribution is -0.117. The van der Waals surface area contributed by atoms with E-state index in [0.29, 0.717) is 37.4 Å². The third kappa shape index (κ3) is 3.97. The molecule has 0 aliphatic carbocycles. The second kappa shape index (κ2) is 7.81. The molecule has 3 aromatic rings. The predicted octanol–water partition coefficient (Wildman–Crippen LogP) is 2.98. The summed E-state index contributed by atoms with van der Waals surface area (Å²) in [5.41, 5.74) is 1.98. The fourth-order valence-corrected chi connectivity index (χ4v) is 2.71. The molecule has 2 N–H and O–H groups in total. The molecule has 2 aromatic heterocycles. The van der Waals surface area contributed by atoms with E-state index in [9.17, 15) is 9.59 Å². The summed E-state index contributed by atoms with van der Waals surface area (Å²) in [7, 11) is 0. The summed E-state index contributed by atoms with van der Waals surface area (Å²) >= 11 is 0. The molecule has 2 heterocycles. The number of amides is 1. The number of carbonyl (C=O) groups is 2. The highest BCUT2D eigenvalue weighted by atomic mass is 16.5. The Kier molecular flexibility index (Phi) is 5.30. The number of aryl methyl sites for hydroxylation is 1. The van der Waals surface area contributed by atoms with Gasteiger partial charge in [-0.3, -0.25) is 9.59 Å². The lowest BCUT2D eigenvalue weighted by Gasteiger charge is -2.05. The van der Waals surface area contributed by atoms with E-state index in [1.807, 2.05) is 30.3 Å². The zero-order valence-electron chi connectivity index (χ0n) is 14.0. The van der Waals surface area contributed by atoms with Gasteiger partial charge in [0.15, 0.2) is 0 Å². The molecule has 0 aliphatic heterocycles. The first-order valence-electron chi connectivity index (χ1n) is 8.17. The van der Waals surface area contributed by atoms with Gasteiger partial charge in [0.25, 0.3) is 11.7 Å². The molecule has 25 heavy (non-hydrogen) atoms. The molecule has 3 rings (SSSR count). The van der Waals surface area contributed by atoms with E-state index in [1.165, 1.54) is 0 Å². The van der Waals surface area contributed by atoms with E-state index in [4.69, 9.17) is 9.15 Å². The molecule has 0 fully saturated rings. The number of rotatable bonds is 8. The lowest BCUT2D eigenvalue weighted by atomic mass is 10.1. The van der Waals surface area contributed by atoms with Gasteiger partial charge in [-0.15, -0.1) is 0 Å². The van der Waals surface area contributed by atoms with Gasteiger partial charge in [-0.2, -0.15) is 0 Å². The molecule has 0 bridgehead atoms. The molecule has 0 atom stereocenters. The topological polar surface area (TPSA) is 84.3 Å². The van der Waals surface area contributed by atoms with Crippen LogP contribution in [-0.4, -0.2) is 29.8 Å². The Morgan fingerprint density at radius 2 is 2.04 bits per heavy atom. The molecule has 130 valence electrons. The number of benzene rings is 1. The van der Waals surface area contributed by atoms with Crippen molar-refractivity contribution in [1.29, 1.82) is 0 Å². The number of H-pyrrole nitrogens is 1. The van der Waals surface area contributed by atoms with Gasteiger partial charge in [-0.25, -0.2) is 0 Å². The number of aromatic amines is 1. The van der Waals surface area contributed by atoms with Crippen molar-refractivity contribution < 1.29 is 18.7 Å². The number of fused-ring (bicyclic) bond motifs is 1. The summed E-state index contributed by atoms with van der Waals surface area (Å²) in [5.74, 6) is -0.362. The van der Waals surface area contributed by atoms with Crippen molar-refractivity contribution in [3.63, 3.8) is 0 Å². The third-order valence-corrected chi connectivity index (χ3v) is 3.90. The van der Waals surface area contributed by atoms with Crippen LogP contribution in [0.5, 0.6) is 0 Å². The van der Waals surface area contributed by atoms with Gasteiger partial charge < -0.3 is 19.5 Å². The van der Waals surface area contributed by atoms with Crippen molar-refractivity contribution >= 4 is 22.6 Å². The normalized spacial score (nSPS) is 10.9. The van der Waals surface area contributed by atoms with Crippen LogP contribution in [-0.2, 0) is 16.1 Å². The second-order valence-corrected chi connectivity index (χ2v) is 5.74. The molecule has 1 amide bonds. The standard InChI is InChI=1S/C19H20N2O4/c1-13-17(15-7-2-3-8-16(15)21-13)18(22)19(23)20-9-5-10-24-12-14-6-4-11-25-14/h2-4,6-8,11,21H,5,9-10,12H2,1H3,(H,20,23). The number of aromatic nitrogens is 1. The van der Waals surface area contributed by atoms with Gasteiger partial charge >= 0.3 is 0 Å². The van der Waals surface area contributed by atoms with Crippen LogP contribution in [0.4, 0.5) is 0 Å². The molecule has 6 nitrogen and oxygen atoms in total. The molecule has 6 heteroatoms. The first kappa shape index (κ1) is 17.0. The zero-order chi connectivity index (χ0) is 17.6. The van der Waals surface area contributed by atoms with E-state index in [0.717, 1.165) is 16.7 Å². The van der Waals surface area contributed by atoms with E-state index in [-0.39, 0.29) is 0 Å². The Bertz CT molecular complexity index is 865. The van der Waals surface area contributed by atoms with Gasteiger partial charge in [0.2, 0.25) is 0 Å². The summed E-state index contributed by atoms with van der Waals surface area (Å²) in [6.07, 6.45) is 2.21. The Balaban J connectivity index is 1.47. The van der Waals surface area contributed by atoms with Crippen LogP contribution in [0.25, 0.3) is 10.9 Å². The Morgan fingerprint density at radius 1 is 1.20 bits per heavy atom. The summed E-state index contributed by atoms with van der Waals surface area (Å²) < 4.78 is 10.6. The number of Topliss-reactive ketones (excluding diaryl/α,β-unsaturated/α-hetero) is 1. The maximum Gasteiger partial charge on any atom is 0.292 e. The lowest BCUT2D eigenvalue weighted by Crippen LogP contribution is -2.32. The van der Waals surface area contributed by atoms with Crippen LogP contribution in [0.15, 0.2) is 47.1 Å². The van der Waals surface area contributed by atoms with Gasteiger partial charge in [0.1, 0.15) is 12.4 Å². The SMILES string of the molecule is Cc1[nH]c2ccccc2c1C(=O)C(=O)NCCCOCc1ccco1. The molecular formula is C19H20N2O4. The highest BCUT2D eigenvalue weighted by Crippen LogP contribution is 2.22. The fraction of sp³-hybridized carbons (Fsp3) is 0.263. The monoisotopic (exact) mass is 340 g/mol. The molecule has 0 saturated carbocycles. The first-order valence-corrected chi connectivity index (χ1v) is 8.17. The van der Waals surface area contributed by atoms with Crippen LogP contribution in [0, 0.1) is 6.92 Å². The van der Waals surface area contributed by atoms with E-state index in [2.05, 4.69) is 10.3 Å². The van der Waals surface area contributed by atoms with Gasteiger partial charge in [-0.05, 0) is 31.5 Å². The van der Waals surface area contributed by atoms with E-state index in [1.54, 1.807) is 19.3 Å². The molecule has 0 unspecified atom stereocenters. The second-order valence-electron chi connectivity index (χ2n) is 5.74. The number of hydrogen-bond donors (Lipinski definition) is 2. The fourth-order valence-electron chi connectivity index (χ4n) is 2.71. The average molecular weight is 340 g/mol. The average Bonchev–Trinajstić information content (AvgIpc) is 3.23. The summed E-state index contributed by atoms with van der Waals surface area (Å²) in [4.78, 5) is 27.7. The van der Waals surface area contributed by atoms with Crippen molar-refractivity contribution in [1.82, 2.24) is 10.3 Å². The minimum absolute atomic E-state index is 0.379. The Labute approximate surface area is 145 Å². The van der Waals surface area contributed by atoms with Crippen molar-refractivity contribution in [2.45, 2.75) is 20.0 Å². The quantitative estimate of drug-likeness (QED) is 0.375. The highest BCUT2D eigenvalue weighted by molar-refractivity contribution is 6.45. The first-order chi connectivity index (χ1) is 12.2. The largest absolute Gasteiger partial charge is 0.467 e. The summed E-state index contributed by atoms with van der Waals surface area (Å²) in [5, 5.41) is 3.42. The van der Waals surface area contributed by atoms with Gasteiger partial charge in [-0.1, -0.05) is 18.2 Å². The molecule has 0 aliphatic rings. The maximum absolute atomic E-state index is 12.4. The Morgan fingerprint density at radius 3 is 2.84 bits per heavy atom. The highest BCUT2D eigenvalue weighted by Gasteiger charge is 2.22.